The summed E-state index contributed by atoms with van der Waals surface area (Å²) in [5.74, 6) is -4.81. The monoisotopic (exact) mass is 428 g/mol. The van der Waals surface area contributed by atoms with Crippen molar-refractivity contribution in [3.05, 3.63) is 33.9 Å². The normalized spacial score (nSPS) is 12.6. The van der Waals surface area contributed by atoms with Gasteiger partial charge in [0.2, 0.25) is 0 Å². The standard InChI is InChI=1S/C10H7F6IN2O2/c11-9(12,13)7(20)18-17(6-4-2-1-3-5-6)19-8(21)10(14,15)16/h1-5H,(H,18,20)(H,19,21). The van der Waals surface area contributed by atoms with E-state index in [0.29, 0.717) is 0 Å². The fraction of sp³-hybridized carbons (Fsp3) is 0.200. The number of hydrogen-bond donors (Lipinski definition) is 2. The van der Waals surface area contributed by atoms with E-state index in [4.69, 9.17) is 0 Å². The van der Waals surface area contributed by atoms with Gasteiger partial charge in [-0.25, -0.2) is 0 Å². The van der Waals surface area contributed by atoms with Gasteiger partial charge in [0.15, 0.2) is 0 Å². The molecule has 21 heavy (non-hydrogen) atoms. The van der Waals surface area contributed by atoms with Crippen LogP contribution in [-0.4, -0.2) is 24.2 Å². The summed E-state index contributed by atoms with van der Waals surface area (Å²) in [5, 5.41) is 0. The summed E-state index contributed by atoms with van der Waals surface area (Å²) in [7, 11) is 0. The van der Waals surface area contributed by atoms with Crippen LogP contribution in [0.25, 0.3) is 0 Å². The second-order valence-electron chi connectivity index (χ2n) is 3.42. The van der Waals surface area contributed by atoms with Gasteiger partial charge in [0, 0.05) is 0 Å². The fourth-order valence-corrected chi connectivity index (χ4v) is 4.44. The first-order valence-corrected chi connectivity index (χ1v) is 8.26. The third kappa shape index (κ3) is 5.40. The van der Waals surface area contributed by atoms with Crippen LogP contribution >= 0.6 is 20.4 Å². The number of halogens is 7. The van der Waals surface area contributed by atoms with Gasteiger partial charge in [0.1, 0.15) is 0 Å². The SMILES string of the molecule is O=C(NI(NC(=O)C(F)(F)F)c1ccccc1)C(F)(F)F. The number of carbonyl (C=O) groups is 2. The predicted molar refractivity (Wildman–Crippen MR) is 67.6 cm³/mol. The number of carbonyl (C=O) groups excluding carboxylic acids is 2. The number of amides is 2. The molecule has 0 radical (unpaired) electrons. The number of rotatable bonds is 3. The van der Waals surface area contributed by atoms with Crippen molar-refractivity contribution in [2.75, 3.05) is 0 Å². The van der Waals surface area contributed by atoms with E-state index < -0.39 is 44.5 Å². The Hall–Kier alpha value is -1.53. The van der Waals surface area contributed by atoms with E-state index in [1.54, 1.807) is 0 Å². The molecule has 0 bridgehead atoms. The Morgan fingerprint density at radius 3 is 1.52 bits per heavy atom. The van der Waals surface area contributed by atoms with Crippen molar-refractivity contribution in [2.45, 2.75) is 12.4 Å². The molecule has 0 aliphatic rings. The zero-order valence-electron chi connectivity index (χ0n) is 9.85. The molecule has 0 atom stereocenters. The molecule has 118 valence electrons. The van der Waals surface area contributed by atoms with Crippen LogP contribution < -0.4 is 7.06 Å². The average Bonchev–Trinajstić information content (AvgIpc) is 2.36. The molecule has 0 fully saturated rings. The summed E-state index contributed by atoms with van der Waals surface area (Å²) in [4.78, 5) is 21.7. The Morgan fingerprint density at radius 2 is 1.19 bits per heavy atom. The van der Waals surface area contributed by atoms with E-state index in [1.807, 2.05) is 0 Å². The molecule has 4 nitrogen and oxygen atoms in total. The summed E-state index contributed by atoms with van der Waals surface area (Å²) in [6.45, 7) is 0. The number of alkyl halides is 6. The van der Waals surface area contributed by atoms with Crippen LogP contribution in [-0.2, 0) is 9.59 Å². The molecule has 0 unspecified atom stereocenters. The average molecular weight is 428 g/mol. The molecule has 0 heterocycles. The van der Waals surface area contributed by atoms with Gasteiger partial charge in [-0.1, -0.05) is 0 Å². The van der Waals surface area contributed by atoms with Gasteiger partial charge in [-0.15, -0.1) is 0 Å². The maximum atomic E-state index is 12.2. The van der Waals surface area contributed by atoms with E-state index in [1.165, 1.54) is 37.4 Å². The summed E-state index contributed by atoms with van der Waals surface area (Å²) in [6, 6.07) is 6.64. The fourth-order valence-electron chi connectivity index (χ4n) is 0.952. The van der Waals surface area contributed by atoms with Gasteiger partial charge in [-0.05, 0) is 0 Å². The summed E-state index contributed by atoms with van der Waals surface area (Å²) >= 11 is -3.75. The van der Waals surface area contributed by atoms with Gasteiger partial charge in [0.05, 0.1) is 0 Å². The molecular formula is C10H7F6IN2O2. The Morgan fingerprint density at radius 1 is 0.810 bits per heavy atom. The summed E-state index contributed by atoms with van der Waals surface area (Å²) in [6.07, 6.45) is -10.5. The quantitative estimate of drug-likeness (QED) is 0.442. The molecule has 0 saturated heterocycles. The van der Waals surface area contributed by atoms with Crippen LogP contribution in [0, 0.1) is 3.57 Å². The molecule has 1 aromatic rings. The molecule has 11 heteroatoms. The topological polar surface area (TPSA) is 58.2 Å². The Bertz CT molecular complexity index is 489. The molecular weight excluding hydrogens is 421 g/mol. The van der Waals surface area contributed by atoms with Crippen LogP contribution in [0.4, 0.5) is 26.3 Å². The van der Waals surface area contributed by atoms with Crippen LogP contribution in [0.5, 0.6) is 0 Å². The Balaban J connectivity index is 2.97. The molecule has 0 saturated carbocycles. The van der Waals surface area contributed by atoms with Crippen LogP contribution in [0.1, 0.15) is 0 Å². The van der Waals surface area contributed by atoms with Gasteiger partial charge in [0.25, 0.3) is 0 Å². The zero-order chi connectivity index (χ0) is 16.3. The van der Waals surface area contributed by atoms with Gasteiger partial charge < -0.3 is 0 Å². The van der Waals surface area contributed by atoms with E-state index in [9.17, 15) is 35.9 Å². The molecule has 1 aromatic carbocycles. The van der Waals surface area contributed by atoms with E-state index >= 15 is 0 Å². The maximum absolute atomic E-state index is 12.2. The number of nitrogens with one attached hydrogen (secondary N) is 2. The molecule has 1 rings (SSSR count). The van der Waals surface area contributed by atoms with Crippen molar-refractivity contribution < 1.29 is 35.9 Å². The van der Waals surface area contributed by atoms with Crippen molar-refractivity contribution in [3.8, 4) is 0 Å². The zero-order valence-corrected chi connectivity index (χ0v) is 12.0. The van der Waals surface area contributed by atoms with Gasteiger partial charge >= 0.3 is 121 Å². The molecule has 0 aliphatic carbocycles. The molecule has 2 N–H and O–H groups in total. The molecule has 0 aromatic heterocycles. The summed E-state index contributed by atoms with van der Waals surface area (Å²) in [5.41, 5.74) is 0. The van der Waals surface area contributed by atoms with Crippen LogP contribution in [0.2, 0.25) is 0 Å². The summed E-state index contributed by atoms with van der Waals surface area (Å²) < 4.78 is 75.9. The molecule has 0 spiro atoms. The van der Waals surface area contributed by atoms with Crippen LogP contribution in [0.15, 0.2) is 30.3 Å². The van der Waals surface area contributed by atoms with E-state index in [0.717, 1.165) is 0 Å². The first kappa shape index (κ1) is 17.5. The number of hydrogen-bond acceptors (Lipinski definition) is 2. The van der Waals surface area contributed by atoms with Crippen molar-refractivity contribution in [2.24, 2.45) is 0 Å². The molecule has 2 amide bonds. The second-order valence-corrected chi connectivity index (χ2v) is 7.36. The van der Waals surface area contributed by atoms with Gasteiger partial charge in [-0.3, -0.25) is 0 Å². The molecule has 0 aliphatic heterocycles. The van der Waals surface area contributed by atoms with Crippen LogP contribution in [0.3, 0.4) is 0 Å². The predicted octanol–water partition coefficient (Wildman–Crippen LogP) is 2.55. The Kier molecular flexibility index (Phi) is 5.42. The third-order valence-electron chi connectivity index (χ3n) is 1.83. The first-order chi connectivity index (χ1) is 9.51. The second kappa shape index (κ2) is 6.49. The minimum absolute atomic E-state index is 0.0110. The van der Waals surface area contributed by atoms with E-state index in [2.05, 4.69) is 0 Å². The van der Waals surface area contributed by atoms with Crippen molar-refractivity contribution in [3.63, 3.8) is 0 Å². The van der Waals surface area contributed by atoms with Crippen molar-refractivity contribution in [1.29, 1.82) is 0 Å². The number of benzene rings is 1. The van der Waals surface area contributed by atoms with Crippen molar-refractivity contribution in [1.82, 2.24) is 7.06 Å². The third-order valence-corrected chi connectivity index (χ3v) is 5.85. The van der Waals surface area contributed by atoms with E-state index in [-0.39, 0.29) is 3.57 Å². The van der Waals surface area contributed by atoms with Crippen molar-refractivity contribution >= 4 is 32.2 Å². The first-order valence-electron chi connectivity index (χ1n) is 5.02. The minimum atomic E-state index is -5.26. The van der Waals surface area contributed by atoms with Gasteiger partial charge in [-0.2, -0.15) is 0 Å². The Labute approximate surface area is 122 Å².